The molecule has 3 fully saturated rings. The van der Waals surface area contributed by atoms with Crippen LogP contribution in [0.2, 0.25) is 0 Å². The summed E-state index contributed by atoms with van der Waals surface area (Å²) in [6.07, 6.45) is 2.32. The van der Waals surface area contributed by atoms with Crippen LogP contribution in [0.4, 0.5) is 4.79 Å². The second-order valence-corrected chi connectivity index (χ2v) is 6.01. The predicted octanol–water partition coefficient (Wildman–Crippen LogP) is 0.0619. The van der Waals surface area contributed by atoms with Gasteiger partial charge in [-0.05, 0) is 19.3 Å². The van der Waals surface area contributed by atoms with E-state index in [0.717, 1.165) is 45.7 Å². The number of amides is 2. The molecule has 3 rings (SSSR count). The quantitative estimate of drug-likeness (QED) is 0.780. The lowest BCUT2D eigenvalue weighted by Gasteiger charge is -2.32. The van der Waals surface area contributed by atoms with Gasteiger partial charge in [0.05, 0.1) is 13.2 Å². The van der Waals surface area contributed by atoms with Gasteiger partial charge in [0.25, 0.3) is 0 Å². The molecular formula is C14H23N3O4. The number of carboxylic acid groups (broad SMARTS) is 1. The summed E-state index contributed by atoms with van der Waals surface area (Å²) in [5, 5.41) is 9.20. The third-order valence-electron chi connectivity index (χ3n) is 4.78. The van der Waals surface area contributed by atoms with Crippen LogP contribution in [0.1, 0.15) is 19.3 Å². The normalized spacial score (nSPS) is 30.9. The Morgan fingerprint density at radius 3 is 2.52 bits per heavy atom. The van der Waals surface area contributed by atoms with Gasteiger partial charge in [-0.15, -0.1) is 0 Å². The van der Waals surface area contributed by atoms with Gasteiger partial charge in [0.15, 0.2) is 0 Å². The summed E-state index contributed by atoms with van der Waals surface area (Å²) in [5.74, 6) is -0.884. The van der Waals surface area contributed by atoms with E-state index < -0.39 is 12.0 Å². The third-order valence-corrected chi connectivity index (χ3v) is 4.78. The molecule has 2 atom stereocenters. The molecule has 0 aromatic carbocycles. The summed E-state index contributed by atoms with van der Waals surface area (Å²) in [7, 11) is 0. The molecule has 3 aliphatic rings. The van der Waals surface area contributed by atoms with E-state index in [-0.39, 0.29) is 6.03 Å². The van der Waals surface area contributed by atoms with Crippen molar-refractivity contribution < 1.29 is 19.4 Å². The molecule has 0 spiro atoms. The minimum Gasteiger partial charge on any atom is -0.480 e. The number of carbonyl (C=O) groups excluding carboxylic acids is 1. The van der Waals surface area contributed by atoms with Crippen molar-refractivity contribution in [3.8, 4) is 0 Å². The van der Waals surface area contributed by atoms with E-state index in [9.17, 15) is 14.7 Å². The summed E-state index contributed by atoms with van der Waals surface area (Å²) in [5.41, 5.74) is 0. The molecule has 0 bridgehead atoms. The van der Waals surface area contributed by atoms with Crippen LogP contribution in [0.3, 0.4) is 0 Å². The fourth-order valence-corrected chi connectivity index (χ4v) is 3.59. The third kappa shape index (κ3) is 2.98. The molecule has 0 aromatic heterocycles. The second-order valence-electron chi connectivity index (χ2n) is 6.01. The van der Waals surface area contributed by atoms with Crippen LogP contribution in [-0.2, 0) is 9.53 Å². The predicted molar refractivity (Wildman–Crippen MR) is 75.1 cm³/mol. The summed E-state index contributed by atoms with van der Waals surface area (Å²) in [4.78, 5) is 29.5. The molecule has 0 aromatic rings. The molecule has 3 heterocycles. The van der Waals surface area contributed by atoms with Crippen molar-refractivity contribution in [1.29, 1.82) is 0 Å². The topological polar surface area (TPSA) is 73.3 Å². The number of carbonyl (C=O) groups is 2. The van der Waals surface area contributed by atoms with Gasteiger partial charge >= 0.3 is 12.0 Å². The highest BCUT2D eigenvalue weighted by molar-refractivity contribution is 5.83. The maximum Gasteiger partial charge on any atom is 0.326 e. The molecule has 21 heavy (non-hydrogen) atoms. The Morgan fingerprint density at radius 2 is 1.81 bits per heavy atom. The average molecular weight is 297 g/mol. The number of morpholine rings is 1. The minimum atomic E-state index is -0.884. The monoisotopic (exact) mass is 297 g/mol. The first-order valence-corrected chi connectivity index (χ1v) is 7.77. The first kappa shape index (κ1) is 14.6. The highest BCUT2D eigenvalue weighted by Crippen LogP contribution is 2.23. The zero-order valence-electron chi connectivity index (χ0n) is 12.2. The summed E-state index contributed by atoms with van der Waals surface area (Å²) < 4.78 is 5.36. The molecular weight excluding hydrogens is 274 g/mol. The SMILES string of the molecule is O=C(O)[C@@H]1CCCN1C(=O)N1CCC(N2CCOCC2)C1. The van der Waals surface area contributed by atoms with E-state index in [1.165, 1.54) is 4.90 Å². The van der Waals surface area contributed by atoms with Crippen LogP contribution >= 0.6 is 0 Å². The van der Waals surface area contributed by atoms with Crippen molar-refractivity contribution in [3.05, 3.63) is 0 Å². The molecule has 3 aliphatic heterocycles. The second kappa shape index (κ2) is 6.19. The number of carboxylic acids is 1. The lowest BCUT2D eigenvalue weighted by molar-refractivity contribution is -0.141. The van der Waals surface area contributed by atoms with Gasteiger partial charge in [0.1, 0.15) is 6.04 Å². The Kier molecular flexibility index (Phi) is 4.30. The van der Waals surface area contributed by atoms with E-state index in [4.69, 9.17) is 4.74 Å². The summed E-state index contributed by atoms with van der Waals surface area (Å²) >= 11 is 0. The fourth-order valence-electron chi connectivity index (χ4n) is 3.59. The van der Waals surface area contributed by atoms with Gasteiger partial charge in [-0.2, -0.15) is 0 Å². The number of rotatable bonds is 2. The van der Waals surface area contributed by atoms with Gasteiger partial charge in [0, 0.05) is 38.8 Å². The van der Waals surface area contributed by atoms with E-state index in [0.29, 0.717) is 25.6 Å². The number of hydrogen-bond acceptors (Lipinski definition) is 4. The standard InChI is InChI=1S/C14H23N3O4/c18-13(19)12-2-1-4-17(12)14(20)16-5-3-11(10-16)15-6-8-21-9-7-15/h11-12H,1-10H2,(H,18,19)/t11?,12-/m0/s1. The molecule has 7 heteroatoms. The Balaban J connectivity index is 1.57. The molecule has 2 amide bonds. The van der Waals surface area contributed by atoms with Crippen LogP contribution in [0.15, 0.2) is 0 Å². The van der Waals surface area contributed by atoms with Gasteiger partial charge < -0.3 is 19.6 Å². The van der Waals surface area contributed by atoms with Gasteiger partial charge in [0.2, 0.25) is 0 Å². The number of ether oxygens (including phenoxy) is 1. The van der Waals surface area contributed by atoms with Crippen molar-refractivity contribution >= 4 is 12.0 Å². The highest BCUT2D eigenvalue weighted by atomic mass is 16.5. The molecule has 0 aliphatic carbocycles. The minimum absolute atomic E-state index is 0.101. The number of hydrogen-bond donors (Lipinski definition) is 1. The highest BCUT2D eigenvalue weighted by Gasteiger charge is 2.39. The number of urea groups is 1. The Bertz CT molecular complexity index is 411. The van der Waals surface area contributed by atoms with Crippen molar-refractivity contribution in [2.24, 2.45) is 0 Å². The molecule has 3 saturated heterocycles. The zero-order chi connectivity index (χ0) is 14.8. The van der Waals surface area contributed by atoms with Crippen molar-refractivity contribution in [2.45, 2.75) is 31.3 Å². The molecule has 118 valence electrons. The van der Waals surface area contributed by atoms with Gasteiger partial charge in [-0.3, -0.25) is 4.90 Å². The smallest absolute Gasteiger partial charge is 0.326 e. The molecule has 0 radical (unpaired) electrons. The van der Waals surface area contributed by atoms with Crippen molar-refractivity contribution in [1.82, 2.24) is 14.7 Å². The molecule has 1 unspecified atom stereocenters. The lowest BCUT2D eigenvalue weighted by Crippen LogP contribution is -2.49. The summed E-state index contributed by atoms with van der Waals surface area (Å²) in [6.45, 7) is 5.37. The maximum atomic E-state index is 12.5. The van der Waals surface area contributed by atoms with Crippen molar-refractivity contribution in [2.75, 3.05) is 45.9 Å². The van der Waals surface area contributed by atoms with Gasteiger partial charge in [-0.25, -0.2) is 9.59 Å². The maximum absolute atomic E-state index is 12.5. The van der Waals surface area contributed by atoms with Crippen molar-refractivity contribution in [3.63, 3.8) is 0 Å². The van der Waals surface area contributed by atoms with E-state index in [1.54, 1.807) is 0 Å². The van der Waals surface area contributed by atoms with Crippen LogP contribution in [0.5, 0.6) is 0 Å². The van der Waals surface area contributed by atoms with Crippen LogP contribution in [-0.4, -0.2) is 89.8 Å². The van der Waals surface area contributed by atoms with Crippen LogP contribution in [0, 0.1) is 0 Å². The number of nitrogens with zero attached hydrogens (tertiary/aromatic N) is 3. The molecule has 7 nitrogen and oxygen atoms in total. The lowest BCUT2D eigenvalue weighted by atomic mass is 10.2. The number of likely N-dealkylation sites (tertiary alicyclic amines) is 2. The Morgan fingerprint density at radius 1 is 1.05 bits per heavy atom. The van der Waals surface area contributed by atoms with Gasteiger partial charge in [-0.1, -0.05) is 0 Å². The van der Waals surface area contributed by atoms with E-state index >= 15 is 0 Å². The largest absolute Gasteiger partial charge is 0.480 e. The van der Waals surface area contributed by atoms with Crippen LogP contribution < -0.4 is 0 Å². The van der Waals surface area contributed by atoms with E-state index in [1.807, 2.05) is 4.90 Å². The Labute approximate surface area is 124 Å². The van der Waals surface area contributed by atoms with Crippen LogP contribution in [0.25, 0.3) is 0 Å². The summed E-state index contributed by atoms with van der Waals surface area (Å²) in [6, 6.07) is -0.348. The zero-order valence-corrected chi connectivity index (χ0v) is 12.2. The fraction of sp³-hybridized carbons (Fsp3) is 0.857. The molecule has 0 saturated carbocycles. The first-order chi connectivity index (χ1) is 10.2. The van der Waals surface area contributed by atoms with E-state index in [2.05, 4.69) is 4.90 Å². The molecule has 1 N–H and O–H groups in total. The number of aliphatic carboxylic acids is 1. The first-order valence-electron chi connectivity index (χ1n) is 7.77. The Hall–Kier alpha value is -1.34. The average Bonchev–Trinajstić information content (AvgIpc) is 3.17.